The number of fused-ring (bicyclic) bond motifs is 2. The van der Waals surface area contributed by atoms with Crippen LogP contribution in [0.4, 0.5) is 4.79 Å². The van der Waals surface area contributed by atoms with E-state index in [0.717, 1.165) is 77.3 Å². The van der Waals surface area contributed by atoms with Gasteiger partial charge in [-0.1, -0.05) is 24.3 Å². The summed E-state index contributed by atoms with van der Waals surface area (Å²) in [6.07, 6.45) is 7.08. The number of rotatable bonds is 7. The van der Waals surface area contributed by atoms with Gasteiger partial charge in [-0.05, 0) is 106 Å². The van der Waals surface area contributed by atoms with Gasteiger partial charge in [0.15, 0.2) is 0 Å². The Morgan fingerprint density at radius 3 is 2.35 bits per heavy atom. The molecule has 0 radical (unpaired) electrons. The Bertz CT molecular complexity index is 2330. The van der Waals surface area contributed by atoms with Gasteiger partial charge in [-0.2, -0.15) is 5.10 Å². The Morgan fingerprint density at radius 2 is 1.60 bits per heavy atom. The van der Waals surface area contributed by atoms with Gasteiger partial charge in [0, 0.05) is 60.5 Å². The zero-order valence-electron chi connectivity index (χ0n) is 30.9. The second-order valence-corrected chi connectivity index (χ2v) is 15.9. The van der Waals surface area contributed by atoms with Crippen molar-refractivity contribution in [2.24, 2.45) is 0 Å². The predicted octanol–water partition coefficient (Wildman–Crippen LogP) is 4.22. The largest absolute Gasteiger partial charge is 0.475 e. The van der Waals surface area contributed by atoms with Crippen molar-refractivity contribution in [2.75, 3.05) is 39.3 Å². The standard InChI is InChI=1S/C40H46N10O5/c1-23-18-27(19-28-22-41-45-33(23)28)31-21-40(31,44-39(55)50-14-6-24(7-15-50)30-20-26-4-2-3-5-32(26)42-36(30)51)38(54)49-16-10-29(11-17-49)48-12-8-25(9-13-48)34-43-35(37(52)53)47-46-34/h2-5,18-20,22,24-25,29,31H,6-17,21H2,1H3,(H,41,45)(H,42,51)(H,44,55)(H,52,53)(H,43,46,47)/t31-,40-/m0/s1. The van der Waals surface area contributed by atoms with Crippen molar-refractivity contribution >= 4 is 39.7 Å². The number of aromatic carboxylic acids is 1. The van der Waals surface area contributed by atoms with Crippen LogP contribution in [0, 0.1) is 6.92 Å². The molecule has 3 aliphatic heterocycles. The summed E-state index contributed by atoms with van der Waals surface area (Å²) in [6.45, 7) is 6.00. The van der Waals surface area contributed by atoms with Crippen molar-refractivity contribution in [1.82, 2.24) is 50.4 Å². The maximum absolute atomic E-state index is 14.7. The molecule has 9 rings (SSSR count). The number of benzene rings is 2. The molecular weight excluding hydrogens is 701 g/mol. The number of aryl methyl sites for hydroxylation is 1. The molecule has 3 aromatic heterocycles. The number of piperidine rings is 3. The van der Waals surface area contributed by atoms with Crippen molar-refractivity contribution in [1.29, 1.82) is 0 Å². The number of carboxylic acids is 1. The van der Waals surface area contributed by atoms with Gasteiger partial charge in [0.1, 0.15) is 11.4 Å². The summed E-state index contributed by atoms with van der Waals surface area (Å²) in [5.74, 6) is -0.690. The van der Waals surface area contributed by atoms with E-state index in [1.54, 1.807) is 11.1 Å². The van der Waals surface area contributed by atoms with Gasteiger partial charge in [-0.3, -0.25) is 19.8 Å². The third kappa shape index (κ3) is 6.53. The molecule has 5 aromatic rings. The van der Waals surface area contributed by atoms with E-state index in [1.807, 2.05) is 42.2 Å². The first-order valence-electron chi connectivity index (χ1n) is 19.5. The first kappa shape index (κ1) is 35.2. The van der Waals surface area contributed by atoms with Crippen LogP contribution < -0.4 is 10.9 Å². The summed E-state index contributed by atoms with van der Waals surface area (Å²) in [5.41, 5.74) is 3.50. The molecule has 1 saturated carbocycles. The number of urea groups is 1. The number of H-pyrrole nitrogens is 3. The molecule has 0 bridgehead atoms. The molecule has 0 spiro atoms. The number of hydrogen-bond acceptors (Lipinski definition) is 8. The van der Waals surface area contributed by atoms with Crippen LogP contribution in [-0.2, 0) is 4.79 Å². The lowest BCUT2D eigenvalue weighted by atomic mass is 9.89. The number of para-hydroxylation sites is 1. The summed E-state index contributed by atoms with van der Waals surface area (Å²) in [4.78, 5) is 66.4. The number of carbonyl (C=O) groups is 3. The molecular formula is C40H46N10O5. The van der Waals surface area contributed by atoms with E-state index < -0.39 is 11.5 Å². The number of likely N-dealkylation sites (tertiary alicyclic amines) is 3. The van der Waals surface area contributed by atoms with Crippen molar-refractivity contribution in [3.8, 4) is 0 Å². The van der Waals surface area contributed by atoms with Gasteiger partial charge < -0.3 is 30.1 Å². The monoisotopic (exact) mass is 746 g/mol. The van der Waals surface area contributed by atoms with Crippen LogP contribution in [-0.4, -0.2) is 119 Å². The lowest BCUT2D eigenvalue weighted by Gasteiger charge is -2.42. The Kier molecular flexibility index (Phi) is 8.90. The number of hydrogen-bond donors (Lipinski definition) is 5. The van der Waals surface area contributed by atoms with Crippen LogP contribution in [0.3, 0.4) is 0 Å². The number of amides is 3. The van der Waals surface area contributed by atoms with E-state index in [4.69, 9.17) is 0 Å². The summed E-state index contributed by atoms with van der Waals surface area (Å²) < 4.78 is 0. The summed E-state index contributed by atoms with van der Waals surface area (Å²) in [5, 5.41) is 28.4. The maximum atomic E-state index is 14.7. The normalized spacial score (nSPS) is 23.0. The second kappa shape index (κ2) is 13.9. The molecule has 2 aromatic carbocycles. The quantitative estimate of drug-likeness (QED) is 0.162. The van der Waals surface area contributed by atoms with Crippen molar-refractivity contribution in [2.45, 2.75) is 81.2 Å². The van der Waals surface area contributed by atoms with Gasteiger partial charge in [0.2, 0.25) is 5.91 Å². The van der Waals surface area contributed by atoms with E-state index in [1.165, 1.54) is 0 Å². The Labute approximate surface area is 316 Å². The molecule has 1 aliphatic carbocycles. The number of aromatic nitrogens is 6. The van der Waals surface area contributed by atoms with Gasteiger partial charge in [0.05, 0.1) is 11.7 Å². The summed E-state index contributed by atoms with van der Waals surface area (Å²) >= 11 is 0. The molecule has 15 nitrogen and oxygen atoms in total. The van der Waals surface area contributed by atoms with Gasteiger partial charge in [0.25, 0.3) is 11.4 Å². The smallest absolute Gasteiger partial charge is 0.375 e. The maximum Gasteiger partial charge on any atom is 0.375 e. The minimum Gasteiger partial charge on any atom is -0.475 e. The number of carbonyl (C=O) groups excluding carboxylic acids is 2. The van der Waals surface area contributed by atoms with E-state index >= 15 is 0 Å². The minimum absolute atomic E-state index is 0.0231. The van der Waals surface area contributed by atoms with E-state index in [-0.39, 0.29) is 41.1 Å². The number of nitrogens with zero attached hydrogens (tertiary/aromatic N) is 6. The fourth-order valence-electron chi connectivity index (χ4n) is 9.50. The van der Waals surface area contributed by atoms with Crippen LogP contribution in [0.25, 0.3) is 21.8 Å². The highest BCUT2D eigenvalue weighted by Gasteiger charge is 2.63. The summed E-state index contributed by atoms with van der Waals surface area (Å²) in [6, 6.07) is 14.1. The van der Waals surface area contributed by atoms with Crippen LogP contribution in [0.1, 0.15) is 95.8 Å². The van der Waals surface area contributed by atoms with Crippen molar-refractivity contribution in [3.63, 3.8) is 0 Å². The average molecular weight is 747 g/mol. The molecule has 6 heterocycles. The SMILES string of the molecule is Cc1cc([C@@H]2C[C@@]2(NC(=O)N2CCC(c3cc4ccccc4[nH]c3=O)CC2)C(=O)N2CCC(N3CCC(c4nc(C(=O)O)n[nH]4)CC3)CC2)cc2cn[nH]c12. The topological polar surface area (TPSA) is 196 Å². The highest BCUT2D eigenvalue weighted by atomic mass is 16.4. The Balaban J connectivity index is 0.868. The zero-order chi connectivity index (χ0) is 37.8. The molecule has 3 saturated heterocycles. The average Bonchev–Trinajstić information content (AvgIpc) is 3.49. The van der Waals surface area contributed by atoms with Gasteiger partial charge in [-0.15, -0.1) is 5.10 Å². The van der Waals surface area contributed by atoms with Crippen molar-refractivity contribution < 1.29 is 19.5 Å². The lowest BCUT2D eigenvalue weighted by molar-refractivity contribution is -0.136. The van der Waals surface area contributed by atoms with E-state index in [9.17, 15) is 24.3 Å². The van der Waals surface area contributed by atoms with Crippen LogP contribution in [0.2, 0.25) is 0 Å². The van der Waals surface area contributed by atoms with E-state index in [0.29, 0.717) is 57.3 Å². The molecule has 3 amide bonds. The van der Waals surface area contributed by atoms with Crippen molar-refractivity contribution in [3.05, 3.63) is 87.4 Å². The first-order chi connectivity index (χ1) is 26.7. The molecule has 2 atom stereocenters. The molecule has 5 N–H and O–H groups in total. The van der Waals surface area contributed by atoms with Crippen LogP contribution in [0.15, 0.2) is 53.5 Å². The fourth-order valence-corrected chi connectivity index (χ4v) is 9.50. The second-order valence-electron chi connectivity index (χ2n) is 15.9. The van der Waals surface area contributed by atoms with E-state index in [2.05, 4.69) is 52.7 Å². The molecule has 0 unspecified atom stereocenters. The van der Waals surface area contributed by atoms with Gasteiger partial charge in [-0.25, -0.2) is 14.6 Å². The highest BCUT2D eigenvalue weighted by Crippen LogP contribution is 2.53. The Hall–Kier alpha value is -5.57. The third-order valence-electron chi connectivity index (χ3n) is 12.7. The number of nitrogens with one attached hydrogen (secondary N) is 4. The first-order valence-corrected chi connectivity index (χ1v) is 19.5. The lowest BCUT2D eigenvalue weighted by Crippen LogP contribution is -2.58. The summed E-state index contributed by atoms with van der Waals surface area (Å²) in [7, 11) is 0. The van der Waals surface area contributed by atoms with Gasteiger partial charge >= 0.3 is 12.0 Å². The number of aromatic amines is 3. The Morgan fingerprint density at radius 1 is 0.873 bits per heavy atom. The van der Waals surface area contributed by atoms with Crippen LogP contribution in [0.5, 0.6) is 0 Å². The number of pyridine rings is 1. The minimum atomic E-state index is -1.13. The fraction of sp³-hybridized carbons (Fsp3) is 0.475. The zero-order valence-corrected chi connectivity index (χ0v) is 30.9. The molecule has 286 valence electrons. The molecule has 4 aliphatic rings. The highest BCUT2D eigenvalue weighted by molar-refractivity contribution is 5.96. The van der Waals surface area contributed by atoms with Crippen LogP contribution >= 0.6 is 0 Å². The third-order valence-corrected chi connectivity index (χ3v) is 12.7. The molecule has 4 fully saturated rings. The molecule has 15 heteroatoms. The molecule has 55 heavy (non-hydrogen) atoms. The predicted molar refractivity (Wildman–Crippen MR) is 204 cm³/mol. The number of carboxylic acid groups (broad SMARTS) is 1.